The molecule has 3 rings (SSSR count). The number of unbranched alkanes of at least 4 members (excludes halogenated alkanes) is 4. The summed E-state index contributed by atoms with van der Waals surface area (Å²) in [4.78, 5) is 0. The van der Waals surface area contributed by atoms with Gasteiger partial charge in [0.15, 0.2) is 0 Å². The molecule has 33 heavy (non-hydrogen) atoms. The van der Waals surface area contributed by atoms with Gasteiger partial charge in [0.05, 0.1) is 18.3 Å². The van der Waals surface area contributed by atoms with Crippen LogP contribution in [0.15, 0.2) is 30.3 Å². The van der Waals surface area contributed by atoms with E-state index in [4.69, 9.17) is 4.74 Å². The average Bonchev–Trinajstić information content (AvgIpc) is 2.77. The Kier molecular flexibility index (Phi) is 9.78. The quantitative estimate of drug-likeness (QED) is 0.266. The van der Waals surface area contributed by atoms with Crippen molar-refractivity contribution < 1.29 is 22.3 Å². The topological polar surface area (TPSA) is 9.23 Å². The molecule has 0 aliphatic carbocycles. The predicted molar refractivity (Wildman–Crippen MR) is 125 cm³/mol. The summed E-state index contributed by atoms with van der Waals surface area (Å²) in [5.41, 5.74) is 0.258. The normalized spacial score (nSPS) is 21.6. The Balaban J connectivity index is 1.69. The van der Waals surface area contributed by atoms with Crippen LogP contribution >= 0.6 is 0 Å². The minimum absolute atomic E-state index is 0.0570. The maximum absolute atomic E-state index is 15.0. The highest BCUT2D eigenvalue weighted by molar-refractivity contribution is 5.65. The molecule has 1 heterocycles. The molecule has 5 heteroatoms. The molecule has 0 spiro atoms. The second-order valence-electron chi connectivity index (χ2n) is 9.60. The average molecular weight is 465 g/mol. The van der Waals surface area contributed by atoms with E-state index in [0.29, 0.717) is 18.4 Å². The number of ether oxygens (including phenoxy) is 1. The minimum atomic E-state index is -1.24. The van der Waals surface area contributed by atoms with Crippen LogP contribution in [0.4, 0.5) is 17.6 Å². The standard InChI is InChI=1S/C28H36F4O/c1-3-4-5-6-7-8-20-13-19(2)9-12-28(33-18-20)21-10-11-23(25(30)14-21)22-15-26(31)24(17-29)27(32)16-22/h10-11,14-16,19-20,28H,3-9,12-13,17-18H2,1-2H3. The van der Waals surface area contributed by atoms with Crippen LogP contribution in [-0.4, -0.2) is 6.61 Å². The molecular weight excluding hydrogens is 428 g/mol. The van der Waals surface area contributed by atoms with Crippen molar-refractivity contribution in [2.24, 2.45) is 11.8 Å². The lowest BCUT2D eigenvalue weighted by molar-refractivity contribution is -0.00158. The first-order valence-corrected chi connectivity index (χ1v) is 12.4. The van der Waals surface area contributed by atoms with Gasteiger partial charge in [-0.05, 0) is 66.8 Å². The molecule has 1 saturated heterocycles. The fraction of sp³-hybridized carbons (Fsp3) is 0.571. The van der Waals surface area contributed by atoms with E-state index in [-0.39, 0.29) is 17.2 Å². The number of rotatable bonds is 9. The van der Waals surface area contributed by atoms with Gasteiger partial charge in [-0.3, -0.25) is 0 Å². The third kappa shape index (κ3) is 7.05. The van der Waals surface area contributed by atoms with Crippen molar-refractivity contribution in [2.45, 2.75) is 84.4 Å². The zero-order valence-corrected chi connectivity index (χ0v) is 19.8. The third-order valence-electron chi connectivity index (χ3n) is 6.86. The Labute approximate surface area is 195 Å². The molecule has 1 aliphatic heterocycles. The molecule has 3 atom stereocenters. The number of halogens is 4. The van der Waals surface area contributed by atoms with Gasteiger partial charge in [0.1, 0.15) is 24.1 Å². The lowest BCUT2D eigenvalue weighted by Gasteiger charge is -2.29. The smallest absolute Gasteiger partial charge is 0.132 e. The van der Waals surface area contributed by atoms with Crippen molar-refractivity contribution in [3.05, 3.63) is 58.9 Å². The molecule has 2 aromatic rings. The predicted octanol–water partition coefficient (Wildman–Crippen LogP) is 9.09. The van der Waals surface area contributed by atoms with Crippen LogP contribution in [0.2, 0.25) is 0 Å². The highest BCUT2D eigenvalue weighted by Gasteiger charge is 2.23. The van der Waals surface area contributed by atoms with Gasteiger partial charge in [-0.2, -0.15) is 0 Å². The Morgan fingerprint density at radius 3 is 2.30 bits per heavy atom. The summed E-state index contributed by atoms with van der Waals surface area (Å²) in [7, 11) is 0. The van der Waals surface area contributed by atoms with Gasteiger partial charge < -0.3 is 4.74 Å². The van der Waals surface area contributed by atoms with E-state index >= 15 is 0 Å². The van der Waals surface area contributed by atoms with Crippen molar-refractivity contribution in [3.8, 4) is 11.1 Å². The fourth-order valence-corrected chi connectivity index (χ4v) is 4.88. The molecule has 0 radical (unpaired) electrons. The minimum Gasteiger partial charge on any atom is -0.373 e. The van der Waals surface area contributed by atoms with Gasteiger partial charge in [-0.1, -0.05) is 58.1 Å². The van der Waals surface area contributed by atoms with Crippen LogP contribution < -0.4 is 0 Å². The second-order valence-corrected chi connectivity index (χ2v) is 9.60. The maximum atomic E-state index is 15.0. The summed E-state index contributed by atoms with van der Waals surface area (Å²) < 4.78 is 62.0. The summed E-state index contributed by atoms with van der Waals surface area (Å²) in [5.74, 6) is -1.46. The Bertz CT molecular complexity index is 874. The van der Waals surface area contributed by atoms with Crippen LogP contribution in [0, 0.1) is 29.3 Å². The van der Waals surface area contributed by atoms with E-state index in [2.05, 4.69) is 13.8 Å². The largest absolute Gasteiger partial charge is 0.373 e. The summed E-state index contributed by atoms with van der Waals surface area (Å²) in [6.45, 7) is 3.93. The van der Waals surface area contributed by atoms with Crippen molar-refractivity contribution in [3.63, 3.8) is 0 Å². The number of hydrogen-bond donors (Lipinski definition) is 0. The molecule has 182 valence electrons. The van der Waals surface area contributed by atoms with Crippen LogP contribution in [0.3, 0.4) is 0 Å². The van der Waals surface area contributed by atoms with E-state index in [1.54, 1.807) is 6.07 Å². The Morgan fingerprint density at radius 2 is 1.64 bits per heavy atom. The molecule has 0 saturated carbocycles. The number of benzene rings is 2. The Morgan fingerprint density at radius 1 is 0.909 bits per heavy atom. The molecule has 1 fully saturated rings. The highest BCUT2D eigenvalue weighted by atomic mass is 19.1. The number of hydrogen-bond acceptors (Lipinski definition) is 1. The van der Waals surface area contributed by atoms with Gasteiger partial charge in [0.2, 0.25) is 0 Å². The van der Waals surface area contributed by atoms with Crippen LogP contribution in [0.25, 0.3) is 11.1 Å². The molecule has 3 unspecified atom stereocenters. The van der Waals surface area contributed by atoms with Crippen LogP contribution in [0.1, 0.15) is 88.9 Å². The van der Waals surface area contributed by atoms with Crippen molar-refractivity contribution >= 4 is 0 Å². The molecule has 2 aromatic carbocycles. The van der Waals surface area contributed by atoms with E-state index in [1.165, 1.54) is 57.1 Å². The van der Waals surface area contributed by atoms with Gasteiger partial charge >= 0.3 is 0 Å². The first-order valence-electron chi connectivity index (χ1n) is 12.4. The fourth-order valence-electron chi connectivity index (χ4n) is 4.88. The molecule has 0 bridgehead atoms. The summed E-state index contributed by atoms with van der Waals surface area (Å²) in [5, 5.41) is 0. The second kappa shape index (κ2) is 12.5. The lowest BCUT2D eigenvalue weighted by atomic mass is 9.86. The maximum Gasteiger partial charge on any atom is 0.132 e. The third-order valence-corrected chi connectivity index (χ3v) is 6.86. The van der Waals surface area contributed by atoms with Gasteiger partial charge in [-0.25, -0.2) is 17.6 Å². The zero-order valence-electron chi connectivity index (χ0n) is 19.8. The monoisotopic (exact) mass is 464 g/mol. The summed E-state index contributed by atoms with van der Waals surface area (Å²) in [6, 6.07) is 6.67. The van der Waals surface area contributed by atoms with Crippen molar-refractivity contribution in [1.82, 2.24) is 0 Å². The molecule has 0 N–H and O–H groups in total. The summed E-state index contributed by atoms with van der Waals surface area (Å²) >= 11 is 0. The van der Waals surface area contributed by atoms with Crippen molar-refractivity contribution in [2.75, 3.05) is 6.61 Å². The molecular formula is C28H36F4O. The molecule has 0 amide bonds. The van der Waals surface area contributed by atoms with Crippen LogP contribution in [-0.2, 0) is 11.4 Å². The van der Waals surface area contributed by atoms with Crippen LogP contribution in [0.5, 0.6) is 0 Å². The number of alkyl halides is 1. The van der Waals surface area contributed by atoms with Gasteiger partial charge in [-0.15, -0.1) is 0 Å². The van der Waals surface area contributed by atoms with Gasteiger partial charge in [0.25, 0.3) is 0 Å². The van der Waals surface area contributed by atoms with E-state index in [9.17, 15) is 17.6 Å². The lowest BCUT2D eigenvalue weighted by Crippen LogP contribution is -2.20. The van der Waals surface area contributed by atoms with E-state index in [1.807, 2.05) is 0 Å². The molecule has 1 nitrogen and oxygen atoms in total. The SMILES string of the molecule is CCCCCCCC1COC(c2ccc(-c3cc(F)c(CF)c(F)c3)c(F)c2)CCC(C)C1. The first-order chi connectivity index (χ1) is 15.9. The van der Waals surface area contributed by atoms with Gasteiger partial charge in [0, 0.05) is 5.56 Å². The Hall–Kier alpha value is -1.88. The summed E-state index contributed by atoms with van der Waals surface area (Å²) in [6.07, 6.45) is 10.3. The highest BCUT2D eigenvalue weighted by Crippen LogP contribution is 2.35. The van der Waals surface area contributed by atoms with E-state index < -0.39 is 29.7 Å². The van der Waals surface area contributed by atoms with Crippen molar-refractivity contribution in [1.29, 1.82) is 0 Å². The zero-order chi connectivity index (χ0) is 23.8. The first kappa shape index (κ1) is 25.7. The van der Waals surface area contributed by atoms with E-state index in [0.717, 1.165) is 30.5 Å². The molecule has 0 aromatic heterocycles. The molecule has 1 aliphatic rings.